The van der Waals surface area contributed by atoms with Crippen LogP contribution in [0.3, 0.4) is 0 Å². The fourth-order valence-electron chi connectivity index (χ4n) is 3.42. The molecule has 0 aliphatic carbocycles. The van der Waals surface area contributed by atoms with Gasteiger partial charge in [0.2, 0.25) is 11.0 Å². The van der Waals surface area contributed by atoms with E-state index in [4.69, 9.17) is 4.74 Å². The van der Waals surface area contributed by atoms with Crippen LogP contribution in [0.25, 0.3) is 0 Å². The summed E-state index contributed by atoms with van der Waals surface area (Å²) in [6.45, 7) is 6.66. The van der Waals surface area contributed by atoms with Crippen molar-refractivity contribution >= 4 is 28.9 Å². The molecular formula is C20H25N3O4S. The van der Waals surface area contributed by atoms with Crippen LogP contribution in [0.15, 0.2) is 43.0 Å². The Morgan fingerprint density at radius 3 is 2.61 bits per heavy atom. The third-order valence-corrected chi connectivity index (χ3v) is 5.94. The standard InChI is InChI=1S/C20H25N3O4S/c1-2-12-27-20(26)23-14-16(28-19(25)15-6-4-3-5-7-15)13-17(23)18(24)22-10-8-21-9-11-22/h2-7,16-17,21H,1,8-14H2/t16-,17-/m0/s1. The van der Waals surface area contributed by atoms with E-state index in [1.54, 1.807) is 17.0 Å². The first-order chi connectivity index (χ1) is 13.6. The van der Waals surface area contributed by atoms with E-state index in [0.29, 0.717) is 31.6 Å². The lowest BCUT2D eigenvalue weighted by molar-refractivity contribution is -0.136. The average molecular weight is 404 g/mol. The quantitative estimate of drug-likeness (QED) is 0.755. The van der Waals surface area contributed by atoms with Gasteiger partial charge in [0.25, 0.3) is 0 Å². The van der Waals surface area contributed by atoms with E-state index in [0.717, 1.165) is 13.1 Å². The molecule has 7 nitrogen and oxygen atoms in total. The molecule has 0 bridgehead atoms. The number of nitrogens with one attached hydrogen (secondary N) is 1. The third kappa shape index (κ3) is 4.94. The topological polar surface area (TPSA) is 79.0 Å². The Balaban J connectivity index is 1.70. The summed E-state index contributed by atoms with van der Waals surface area (Å²) in [5, 5.41) is 3.01. The van der Waals surface area contributed by atoms with E-state index in [1.165, 1.54) is 22.7 Å². The van der Waals surface area contributed by atoms with Gasteiger partial charge in [-0.25, -0.2) is 4.79 Å². The molecule has 1 N–H and O–H groups in total. The van der Waals surface area contributed by atoms with Crippen LogP contribution < -0.4 is 5.32 Å². The molecule has 2 fully saturated rings. The van der Waals surface area contributed by atoms with E-state index in [1.807, 2.05) is 18.2 Å². The van der Waals surface area contributed by atoms with Crippen LogP contribution in [0.2, 0.25) is 0 Å². The predicted molar refractivity (Wildman–Crippen MR) is 108 cm³/mol. The van der Waals surface area contributed by atoms with Crippen LogP contribution in [0.4, 0.5) is 4.79 Å². The molecule has 2 atom stereocenters. The van der Waals surface area contributed by atoms with Crippen LogP contribution in [0.5, 0.6) is 0 Å². The SMILES string of the molecule is C=CCOC(=O)N1C[C@@H](SC(=O)c2ccccc2)C[C@H]1C(=O)N1CCNCC1. The summed E-state index contributed by atoms with van der Waals surface area (Å²) < 4.78 is 5.17. The van der Waals surface area contributed by atoms with E-state index in [9.17, 15) is 14.4 Å². The minimum atomic E-state index is -0.600. The Kier molecular flexibility index (Phi) is 7.11. The van der Waals surface area contributed by atoms with Gasteiger partial charge in [0.05, 0.1) is 0 Å². The number of thioether (sulfide) groups is 1. The highest BCUT2D eigenvalue weighted by Crippen LogP contribution is 2.31. The summed E-state index contributed by atoms with van der Waals surface area (Å²) in [5.74, 6) is -0.0766. The second-order valence-corrected chi connectivity index (χ2v) is 8.01. The average Bonchev–Trinajstić information content (AvgIpc) is 3.16. The first-order valence-corrected chi connectivity index (χ1v) is 10.3. The van der Waals surface area contributed by atoms with E-state index < -0.39 is 12.1 Å². The molecule has 3 rings (SSSR count). The van der Waals surface area contributed by atoms with Crippen LogP contribution in [-0.2, 0) is 9.53 Å². The monoisotopic (exact) mass is 403 g/mol. The molecule has 2 aliphatic rings. The van der Waals surface area contributed by atoms with Crippen molar-refractivity contribution in [2.75, 3.05) is 39.3 Å². The van der Waals surface area contributed by atoms with Gasteiger partial charge >= 0.3 is 6.09 Å². The molecule has 2 amide bonds. The minimum absolute atomic E-state index is 0.0553. The molecule has 0 radical (unpaired) electrons. The van der Waals surface area contributed by atoms with Gasteiger partial charge in [-0.1, -0.05) is 54.7 Å². The van der Waals surface area contributed by atoms with Gasteiger partial charge in [-0.15, -0.1) is 0 Å². The zero-order valence-corrected chi connectivity index (χ0v) is 16.5. The summed E-state index contributed by atoms with van der Waals surface area (Å²) in [5.41, 5.74) is 0.616. The number of ether oxygens (including phenoxy) is 1. The summed E-state index contributed by atoms with van der Waals surface area (Å²) in [6, 6.07) is 8.43. The highest BCUT2D eigenvalue weighted by atomic mass is 32.2. The van der Waals surface area contributed by atoms with Crippen LogP contribution in [0, 0.1) is 0 Å². The maximum atomic E-state index is 13.0. The number of rotatable bonds is 5. The normalized spacial score (nSPS) is 22.0. The van der Waals surface area contributed by atoms with Gasteiger partial charge in [-0.3, -0.25) is 14.5 Å². The van der Waals surface area contributed by atoms with E-state index >= 15 is 0 Å². The highest BCUT2D eigenvalue weighted by molar-refractivity contribution is 8.14. The summed E-state index contributed by atoms with van der Waals surface area (Å²) in [7, 11) is 0. The molecule has 1 aromatic carbocycles. The smallest absolute Gasteiger partial charge is 0.410 e. The number of likely N-dealkylation sites (tertiary alicyclic amines) is 1. The number of hydrogen-bond acceptors (Lipinski definition) is 6. The number of nitrogens with zero attached hydrogens (tertiary/aromatic N) is 2. The summed E-state index contributed by atoms with van der Waals surface area (Å²) >= 11 is 1.18. The number of amides is 2. The number of carbonyl (C=O) groups excluding carboxylic acids is 3. The molecule has 2 aliphatic heterocycles. The number of carbonyl (C=O) groups is 3. The molecular weight excluding hydrogens is 378 g/mol. The van der Waals surface area contributed by atoms with Gasteiger partial charge in [0, 0.05) is 43.5 Å². The van der Waals surface area contributed by atoms with Crippen molar-refractivity contribution in [3.8, 4) is 0 Å². The zero-order chi connectivity index (χ0) is 19.9. The predicted octanol–water partition coefficient (Wildman–Crippen LogP) is 1.76. The number of hydrogen-bond donors (Lipinski definition) is 1. The highest BCUT2D eigenvalue weighted by Gasteiger charge is 2.43. The molecule has 0 aromatic heterocycles. The maximum Gasteiger partial charge on any atom is 0.410 e. The molecule has 150 valence electrons. The second kappa shape index (κ2) is 9.75. The Labute approximate surface area is 169 Å². The van der Waals surface area contributed by atoms with Crippen molar-refractivity contribution in [1.82, 2.24) is 15.1 Å². The van der Waals surface area contributed by atoms with Crippen LogP contribution >= 0.6 is 11.8 Å². The Hall–Kier alpha value is -2.32. The lowest BCUT2D eigenvalue weighted by Crippen LogP contribution is -2.53. The summed E-state index contributed by atoms with van der Waals surface area (Å²) in [6.07, 6.45) is 1.39. The largest absolute Gasteiger partial charge is 0.445 e. The Morgan fingerprint density at radius 1 is 1.21 bits per heavy atom. The van der Waals surface area contributed by atoms with E-state index in [-0.39, 0.29) is 22.9 Å². The molecule has 8 heteroatoms. The first kappa shape index (κ1) is 20.4. The van der Waals surface area contributed by atoms with E-state index in [2.05, 4.69) is 11.9 Å². The molecule has 2 heterocycles. The van der Waals surface area contributed by atoms with Crippen LogP contribution in [0.1, 0.15) is 16.8 Å². The molecule has 0 unspecified atom stereocenters. The van der Waals surface area contributed by atoms with Gasteiger partial charge in [-0.2, -0.15) is 0 Å². The molecule has 0 spiro atoms. The lowest BCUT2D eigenvalue weighted by atomic mass is 10.1. The fraction of sp³-hybridized carbons (Fsp3) is 0.450. The van der Waals surface area contributed by atoms with Crippen molar-refractivity contribution in [1.29, 1.82) is 0 Å². The fourth-order valence-corrected chi connectivity index (χ4v) is 4.51. The zero-order valence-electron chi connectivity index (χ0n) is 15.7. The molecule has 28 heavy (non-hydrogen) atoms. The van der Waals surface area contributed by atoms with Gasteiger partial charge < -0.3 is 15.0 Å². The minimum Gasteiger partial charge on any atom is -0.445 e. The van der Waals surface area contributed by atoms with Crippen molar-refractivity contribution in [2.24, 2.45) is 0 Å². The van der Waals surface area contributed by atoms with Gasteiger partial charge in [0.15, 0.2) is 0 Å². The summed E-state index contributed by atoms with van der Waals surface area (Å²) in [4.78, 5) is 41.3. The van der Waals surface area contributed by atoms with Crippen molar-refractivity contribution < 1.29 is 19.1 Å². The second-order valence-electron chi connectivity index (χ2n) is 6.74. The van der Waals surface area contributed by atoms with Gasteiger partial charge in [-0.05, 0) is 6.42 Å². The lowest BCUT2D eigenvalue weighted by Gasteiger charge is -2.32. The number of piperazine rings is 1. The van der Waals surface area contributed by atoms with Crippen molar-refractivity contribution in [2.45, 2.75) is 17.7 Å². The Morgan fingerprint density at radius 2 is 1.93 bits per heavy atom. The first-order valence-electron chi connectivity index (χ1n) is 9.40. The van der Waals surface area contributed by atoms with Crippen molar-refractivity contribution in [3.63, 3.8) is 0 Å². The third-order valence-electron chi connectivity index (χ3n) is 4.82. The number of benzene rings is 1. The molecule has 1 aromatic rings. The Bertz CT molecular complexity index is 721. The molecule has 0 saturated carbocycles. The van der Waals surface area contributed by atoms with Gasteiger partial charge in [0.1, 0.15) is 12.6 Å². The van der Waals surface area contributed by atoms with Crippen LogP contribution in [-0.4, -0.2) is 77.5 Å². The molecule has 2 saturated heterocycles. The van der Waals surface area contributed by atoms with Crippen molar-refractivity contribution in [3.05, 3.63) is 48.6 Å². The maximum absolute atomic E-state index is 13.0.